The summed E-state index contributed by atoms with van der Waals surface area (Å²) < 4.78 is 0.0835. The van der Waals surface area contributed by atoms with Crippen LogP contribution in [0.15, 0.2) is 59.7 Å². The smallest absolute Gasteiger partial charge is 0.271 e. The molecule has 21 heavy (non-hydrogen) atoms. The lowest BCUT2D eigenvalue weighted by Crippen LogP contribution is -2.09. The number of ketones is 1. The topological polar surface area (TPSA) is 84.6 Å². The van der Waals surface area contributed by atoms with Gasteiger partial charge in [0.15, 0.2) is 4.62 Å². The van der Waals surface area contributed by atoms with Crippen LogP contribution >= 0.6 is 15.9 Å². The molecule has 0 bridgehead atoms. The molecule has 0 aliphatic carbocycles. The summed E-state index contributed by atoms with van der Waals surface area (Å²) in [6.07, 6.45) is 0. The first kappa shape index (κ1) is 14.9. The van der Waals surface area contributed by atoms with Gasteiger partial charge < -0.3 is 0 Å². The molecule has 7 heteroatoms. The van der Waals surface area contributed by atoms with Crippen molar-refractivity contribution >= 4 is 37.7 Å². The molecular formula is C14H10BrN3O3. The number of rotatable bonds is 5. The average Bonchev–Trinajstić information content (AvgIpc) is 2.53. The lowest BCUT2D eigenvalue weighted by atomic mass is 10.1. The Balaban J connectivity index is 2.12. The lowest BCUT2D eigenvalue weighted by Gasteiger charge is -2.02. The van der Waals surface area contributed by atoms with Crippen molar-refractivity contribution in [2.75, 3.05) is 5.43 Å². The third kappa shape index (κ3) is 3.96. The van der Waals surface area contributed by atoms with Gasteiger partial charge in [0.1, 0.15) is 0 Å². The maximum absolute atomic E-state index is 12.0. The Morgan fingerprint density at radius 3 is 2.52 bits per heavy atom. The minimum absolute atomic E-state index is 0.0549. The number of nitrogens with one attached hydrogen (secondary N) is 1. The van der Waals surface area contributed by atoms with Gasteiger partial charge >= 0.3 is 0 Å². The van der Waals surface area contributed by atoms with E-state index in [0.29, 0.717) is 11.3 Å². The van der Waals surface area contributed by atoms with E-state index in [1.165, 1.54) is 18.2 Å². The monoisotopic (exact) mass is 347 g/mol. The van der Waals surface area contributed by atoms with E-state index in [1.807, 2.05) is 6.07 Å². The van der Waals surface area contributed by atoms with E-state index in [-0.39, 0.29) is 16.1 Å². The number of Topliss-reactive ketones (excluding diaryl/α,β-unsaturated/α-hetero) is 1. The predicted molar refractivity (Wildman–Crippen MR) is 83.9 cm³/mol. The molecule has 0 amide bonds. The predicted octanol–water partition coefficient (Wildman–Crippen LogP) is 3.60. The number of nitrogens with zero attached hydrogens (tertiary/aromatic N) is 2. The fourth-order valence-electron chi connectivity index (χ4n) is 1.56. The maximum Gasteiger partial charge on any atom is 0.271 e. The molecule has 0 aromatic heterocycles. The molecule has 0 spiro atoms. The van der Waals surface area contributed by atoms with Gasteiger partial charge in [0.2, 0.25) is 5.78 Å². The SMILES string of the molecule is O=C(/C(Br)=N/Nc1cccc([N+](=O)[O-])c1)c1ccccc1. The summed E-state index contributed by atoms with van der Waals surface area (Å²) in [5.74, 6) is -0.284. The number of hydrogen-bond acceptors (Lipinski definition) is 5. The molecule has 2 aromatic carbocycles. The van der Waals surface area contributed by atoms with Gasteiger partial charge in [-0.25, -0.2) is 0 Å². The van der Waals surface area contributed by atoms with Gasteiger partial charge in [-0.3, -0.25) is 20.3 Å². The third-order valence-electron chi connectivity index (χ3n) is 2.56. The highest BCUT2D eigenvalue weighted by Gasteiger charge is 2.11. The second-order valence-corrected chi connectivity index (χ2v) is 4.77. The van der Waals surface area contributed by atoms with Gasteiger partial charge in [0.25, 0.3) is 5.69 Å². The number of nitro groups is 1. The Labute approximate surface area is 128 Å². The number of carbonyl (C=O) groups excluding carboxylic acids is 1. The zero-order valence-electron chi connectivity index (χ0n) is 10.7. The summed E-state index contributed by atoms with van der Waals surface area (Å²) in [6, 6.07) is 14.5. The van der Waals surface area contributed by atoms with E-state index in [0.717, 1.165) is 0 Å². The van der Waals surface area contributed by atoms with Gasteiger partial charge in [-0.1, -0.05) is 36.4 Å². The Morgan fingerprint density at radius 2 is 1.86 bits per heavy atom. The number of hydrogen-bond donors (Lipinski definition) is 1. The van der Waals surface area contributed by atoms with Crippen LogP contribution in [-0.2, 0) is 0 Å². The molecule has 0 heterocycles. The molecule has 0 saturated heterocycles. The summed E-state index contributed by atoms with van der Waals surface area (Å²) in [7, 11) is 0. The largest absolute Gasteiger partial charge is 0.286 e. The van der Waals surface area contributed by atoms with Gasteiger partial charge in [0, 0.05) is 17.7 Å². The van der Waals surface area contributed by atoms with Crippen molar-refractivity contribution in [3.8, 4) is 0 Å². The summed E-state index contributed by atoms with van der Waals surface area (Å²) >= 11 is 3.09. The first-order valence-corrected chi connectivity index (χ1v) is 6.70. The van der Waals surface area contributed by atoms with Crippen molar-refractivity contribution < 1.29 is 9.72 Å². The van der Waals surface area contributed by atoms with Crippen LogP contribution in [0, 0.1) is 10.1 Å². The first-order valence-electron chi connectivity index (χ1n) is 5.91. The first-order chi connectivity index (χ1) is 10.1. The van der Waals surface area contributed by atoms with Crippen molar-refractivity contribution in [1.82, 2.24) is 0 Å². The Bertz CT molecular complexity index is 702. The van der Waals surface area contributed by atoms with E-state index >= 15 is 0 Å². The second kappa shape index (κ2) is 6.76. The van der Waals surface area contributed by atoms with Crippen LogP contribution in [0.5, 0.6) is 0 Å². The van der Waals surface area contributed by atoms with Crippen molar-refractivity contribution in [2.45, 2.75) is 0 Å². The van der Waals surface area contributed by atoms with E-state index in [9.17, 15) is 14.9 Å². The summed E-state index contributed by atoms with van der Waals surface area (Å²) in [5, 5.41) is 14.5. The number of halogens is 1. The van der Waals surface area contributed by atoms with E-state index < -0.39 is 4.92 Å². The molecule has 0 saturated carbocycles. The number of benzene rings is 2. The van der Waals surface area contributed by atoms with Crippen molar-refractivity contribution in [3.63, 3.8) is 0 Å². The van der Waals surface area contributed by atoms with Gasteiger partial charge in [-0.15, -0.1) is 0 Å². The number of non-ortho nitro benzene ring substituents is 1. The van der Waals surface area contributed by atoms with Crippen molar-refractivity contribution in [2.24, 2.45) is 5.10 Å². The Kier molecular flexibility index (Phi) is 4.78. The van der Waals surface area contributed by atoms with Crippen LogP contribution in [0.2, 0.25) is 0 Å². The number of hydrazone groups is 1. The minimum Gasteiger partial charge on any atom is -0.286 e. The standard InChI is InChI=1S/C14H10BrN3O3/c15-14(13(19)10-5-2-1-3-6-10)17-16-11-7-4-8-12(9-11)18(20)21/h1-9,16H/b17-14-. The summed E-state index contributed by atoms with van der Waals surface area (Å²) in [4.78, 5) is 22.2. The van der Waals surface area contributed by atoms with Crippen LogP contribution in [0.1, 0.15) is 10.4 Å². The molecule has 2 rings (SSSR count). The van der Waals surface area contributed by atoms with Crippen LogP contribution in [0.3, 0.4) is 0 Å². The second-order valence-electron chi connectivity index (χ2n) is 4.02. The highest BCUT2D eigenvalue weighted by Crippen LogP contribution is 2.17. The molecule has 0 atom stereocenters. The fourth-order valence-corrected chi connectivity index (χ4v) is 1.88. The molecule has 0 radical (unpaired) electrons. The molecule has 0 aliphatic rings. The molecule has 106 valence electrons. The van der Waals surface area contributed by atoms with Gasteiger partial charge in [-0.05, 0) is 22.0 Å². The summed E-state index contributed by atoms with van der Waals surface area (Å²) in [5.41, 5.74) is 3.46. The average molecular weight is 348 g/mol. The van der Waals surface area contributed by atoms with Gasteiger partial charge in [0.05, 0.1) is 10.6 Å². The molecular weight excluding hydrogens is 338 g/mol. The molecule has 0 unspecified atom stereocenters. The van der Waals surface area contributed by atoms with Crippen molar-refractivity contribution in [3.05, 3.63) is 70.3 Å². The highest BCUT2D eigenvalue weighted by atomic mass is 79.9. The summed E-state index contributed by atoms with van der Waals surface area (Å²) in [6.45, 7) is 0. The Morgan fingerprint density at radius 1 is 1.14 bits per heavy atom. The van der Waals surface area contributed by atoms with Crippen molar-refractivity contribution in [1.29, 1.82) is 0 Å². The fraction of sp³-hybridized carbons (Fsp3) is 0. The van der Waals surface area contributed by atoms with E-state index in [1.54, 1.807) is 30.3 Å². The quantitative estimate of drug-likeness (QED) is 0.387. The normalized spacial score (nSPS) is 11.0. The van der Waals surface area contributed by atoms with E-state index in [2.05, 4.69) is 26.5 Å². The third-order valence-corrected chi connectivity index (χ3v) is 3.10. The highest BCUT2D eigenvalue weighted by molar-refractivity contribution is 9.19. The number of anilines is 1. The maximum atomic E-state index is 12.0. The van der Waals surface area contributed by atoms with Crippen LogP contribution in [0.25, 0.3) is 0 Å². The zero-order valence-corrected chi connectivity index (χ0v) is 12.3. The van der Waals surface area contributed by atoms with Crippen LogP contribution in [0.4, 0.5) is 11.4 Å². The molecule has 2 aromatic rings. The van der Waals surface area contributed by atoms with Crippen LogP contribution < -0.4 is 5.43 Å². The minimum atomic E-state index is -0.501. The lowest BCUT2D eigenvalue weighted by molar-refractivity contribution is -0.384. The zero-order chi connectivity index (χ0) is 15.2. The Hall–Kier alpha value is -2.54. The number of carbonyl (C=O) groups is 1. The van der Waals surface area contributed by atoms with Crippen LogP contribution in [-0.4, -0.2) is 15.3 Å². The molecule has 1 N–H and O–H groups in total. The molecule has 0 fully saturated rings. The number of nitro benzene ring substituents is 1. The molecule has 6 nitrogen and oxygen atoms in total. The van der Waals surface area contributed by atoms with E-state index in [4.69, 9.17) is 0 Å². The van der Waals surface area contributed by atoms with Gasteiger partial charge in [-0.2, -0.15) is 5.10 Å². The molecule has 0 aliphatic heterocycles.